The summed E-state index contributed by atoms with van der Waals surface area (Å²) < 4.78 is 11.9. The number of aliphatic hydroxyl groups is 2. The van der Waals surface area contributed by atoms with Crippen LogP contribution in [0.25, 0.3) is 11.0 Å². The molecule has 0 bridgehead atoms. The Kier molecular flexibility index (Phi) is 6.30. The Balaban J connectivity index is 1.71. The van der Waals surface area contributed by atoms with Crippen molar-refractivity contribution in [1.29, 1.82) is 0 Å². The van der Waals surface area contributed by atoms with Gasteiger partial charge in [0.1, 0.15) is 11.2 Å². The molecule has 0 aliphatic carbocycles. The number of aliphatic hydroxyl groups excluding tert-OH is 2. The Hall–Kier alpha value is -2.37. The van der Waals surface area contributed by atoms with Crippen LogP contribution in [0.2, 0.25) is 0 Å². The third kappa shape index (κ3) is 4.62. The molecule has 1 aliphatic heterocycles. The van der Waals surface area contributed by atoms with E-state index in [4.69, 9.17) is 9.15 Å². The van der Waals surface area contributed by atoms with Crippen molar-refractivity contribution >= 4 is 11.0 Å². The van der Waals surface area contributed by atoms with Gasteiger partial charge in [0.15, 0.2) is 5.43 Å². The zero-order valence-electron chi connectivity index (χ0n) is 17.4. The SMILES string of the molecule is C=C(C)C(O)CC/C(C)=C/CC[C@]1(C)Oc2oc3ccccc3c(=O)c2C[C@@H]1O. The topological polar surface area (TPSA) is 79.9 Å². The highest BCUT2D eigenvalue weighted by Crippen LogP contribution is 2.36. The number of rotatable bonds is 7. The highest BCUT2D eigenvalue weighted by Gasteiger charge is 2.42. The molecule has 2 aromatic rings. The second kappa shape index (κ2) is 8.56. The summed E-state index contributed by atoms with van der Waals surface area (Å²) in [5.74, 6) is 0.215. The molecule has 0 spiro atoms. The molecular formula is C24H30O5. The van der Waals surface area contributed by atoms with E-state index in [1.807, 2.05) is 26.8 Å². The number of fused-ring (bicyclic) bond motifs is 2. The van der Waals surface area contributed by atoms with E-state index in [0.29, 0.717) is 29.4 Å². The van der Waals surface area contributed by atoms with Crippen LogP contribution in [0.3, 0.4) is 0 Å². The van der Waals surface area contributed by atoms with E-state index < -0.39 is 17.8 Å². The molecule has 2 N–H and O–H groups in total. The molecule has 2 heterocycles. The van der Waals surface area contributed by atoms with Gasteiger partial charge in [0.2, 0.25) is 0 Å². The highest BCUT2D eigenvalue weighted by atomic mass is 16.6. The normalized spacial score (nSPS) is 22.8. The van der Waals surface area contributed by atoms with Crippen molar-refractivity contribution in [2.75, 3.05) is 0 Å². The predicted molar refractivity (Wildman–Crippen MR) is 114 cm³/mol. The Labute approximate surface area is 171 Å². The van der Waals surface area contributed by atoms with Gasteiger partial charge >= 0.3 is 0 Å². The van der Waals surface area contributed by atoms with Crippen molar-refractivity contribution in [3.05, 3.63) is 63.9 Å². The van der Waals surface area contributed by atoms with Crippen molar-refractivity contribution in [2.45, 2.75) is 70.7 Å². The number of ether oxygens (including phenoxy) is 1. The van der Waals surface area contributed by atoms with E-state index in [1.165, 1.54) is 5.57 Å². The molecule has 156 valence electrons. The van der Waals surface area contributed by atoms with Crippen molar-refractivity contribution in [3.8, 4) is 5.95 Å². The van der Waals surface area contributed by atoms with Gasteiger partial charge in [-0.2, -0.15) is 0 Å². The molecule has 1 aromatic carbocycles. The molecular weight excluding hydrogens is 368 g/mol. The summed E-state index contributed by atoms with van der Waals surface area (Å²) in [4.78, 5) is 12.7. The molecule has 0 radical (unpaired) electrons. The lowest BCUT2D eigenvalue weighted by Crippen LogP contribution is -2.50. The molecule has 0 saturated heterocycles. The predicted octanol–water partition coefficient (Wildman–Crippen LogP) is 4.29. The fraction of sp³-hybridized carbons (Fsp3) is 0.458. The Morgan fingerprint density at radius 3 is 2.83 bits per heavy atom. The van der Waals surface area contributed by atoms with Gasteiger partial charge in [0.25, 0.3) is 5.95 Å². The first kappa shape index (κ1) is 21.3. The summed E-state index contributed by atoms with van der Waals surface area (Å²) in [6.07, 6.45) is 3.80. The highest BCUT2D eigenvalue weighted by molar-refractivity contribution is 5.77. The molecule has 3 rings (SSSR count). The lowest BCUT2D eigenvalue weighted by atomic mass is 9.86. The monoisotopic (exact) mass is 398 g/mol. The van der Waals surface area contributed by atoms with Gasteiger partial charge in [-0.25, -0.2) is 0 Å². The molecule has 1 aliphatic rings. The zero-order chi connectivity index (χ0) is 21.2. The molecule has 0 saturated carbocycles. The lowest BCUT2D eigenvalue weighted by molar-refractivity contribution is -0.0726. The summed E-state index contributed by atoms with van der Waals surface area (Å²) in [6, 6.07) is 7.07. The van der Waals surface area contributed by atoms with E-state index in [1.54, 1.807) is 18.2 Å². The summed E-state index contributed by atoms with van der Waals surface area (Å²) in [5.41, 5.74) is 1.86. The first-order valence-corrected chi connectivity index (χ1v) is 10.1. The van der Waals surface area contributed by atoms with Crippen LogP contribution in [0.4, 0.5) is 0 Å². The Morgan fingerprint density at radius 1 is 1.38 bits per heavy atom. The molecule has 5 nitrogen and oxygen atoms in total. The van der Waals surface area contributed by atoms with E-state index >= 15 is 0 Å². The van der Waals surface area contributed by atoms with E-state index in [-0.39, 0.29) is 17.8 Å². The third-order valence-electron chi connectivity index (χ3n) is 5.80. The second-order valence-electron chi connectivity index (χ2n) is 8.32. The Bertz CT molecular complexity index is 986. The van der Waals surface area contributed by atoms with E-state index in [2.05, 4.69) is 12.7 Å². The number of benzene rings is 1. The van der Waals surface area contributed by atoms with Crippen molar-refractivity contribution in [3.63, 3.8) is 0 Å². The maximum Gasteiger partial charge on any atom is 0.292 e. The minimum Gasteiger partial charge on any atom is -0.456 e. The van der Waals surface area contributed by atoms with Gasteiger partial charge in [-0.15, -0.1) is 0 Å². The average Bonchev–Trinajstić information content (AvgIpc) is 2.68. The quantitative estimate of drug-likeness (QED) is 0.680. The molecule has 0 fully saturated rings. The Morgan fingerprint density at radius 2 is 2.10 bits per heavy atom. The van der Waals surface area contributed by atoms with Crippen LogP contribution >= 0.6 is 0 Å². The summed E-state index contributed by atoms with van der Waals surface area (Å²) >= 11 is 0. The largest absolute Gasteiger partial charge is 0.456 e. The van der Waals surface area contributed by atoms with Crippen molar-refractivity contribution in [2.24, 2.45) is 0 Å². The smallest absolute Gasteiger partial charge is 0.292 e. The van der Waals surface area contributed by atoms with Gasteiger partial charge in [-0.3, -0.25) is 4.79 Å². The number of hydrogen-bond donors (Lipinski definition) is 2. The van der Waals surface area contributed by atoms with Crippen LogP contribution in [-0.2, 0) is 6.42 Å². The van der Waals surface area contributed by atoms with Crippen molar-refractivity contribution in [1.82, 2.24) is 0 Å². The molecule has 29 heavy (non-hydrogen) atoms. The van der Waals surface area contributed by atoms with Crippen LogP contribution in [-0.4, -0.2) is 28.0 Å². The minimum absolute atomic E-state index is 0.144. The van der Waals surface area contributed by atoms with Gasteiger partial charge in [-0.1, -0.05) is 35.9 Å². The zero-order valence-corrected chi connectivity index (χ0v) is 17.4. The van der Waals surface area contributed by atoms with Crippen LogP contribution in [0.1, 0.15) is 52.0 Å². The fourth-order valence-electron chi connectivity index (χ4n) is 3.64. The summed E-state index contributed by atoms with van der Waals surface area (Å²) in [6.45, 7) is 9.48. The number of allylic oxidation sites excluding steroid dienone is 2. The first-order valence-electron chi connectivity index (χ1n) is 10.1. The minimum atomic E-state index is -0.834. The standard InChI is InChI=1S/C24H30O5/c1-15(2)19(25)12-11-16(3)8-7-13-24(4)21(26)14-18-22(27)17-9-5-6-10-20(17)28-23(18)29-24/h5-6,8-10,19,21,25-26H,1,7,11-14H2,2-4H3/b16-8+/t19?,21-,24-/m0/s1. The average molecular weight is 398 g/mol. The third-order valence-corrected chi connectivity index (χ3v) is 5.80. The van der Waals surface area contributed by atoms with Crippen LogP contribution in [0.15, 0.2) is 57.3 Å². The van der Waals surface area contributed by atoms with E-state index in [0.717, 1.165) is 18.4 Å². The molecule has 3 atom stereocenters. The van der Waals surface area contributed by atoms with Gasteiger partial charge in [0, 0.05) is 6.42 Å². The molecule has 1 unspecified atom stereocenters. The van der Waals surface area contributed by atoms with Gasteiger partial charge in [-0.05, 0) is 58.6 Å². The molecule has 5 heteroatoms. The lowest BCUT2D eigenvalue weighted by Gasteiger charge is -2.38. The van der Waals surface area contributed by atoms with Crippen LogP contribution < -0.4 is 10.2 Å². The van der Waals surface area contributed by atoms with Crippen LogP contribution in [0.5, 0.6) is 5.95 Å². The molecule has 1 aromatic heterocycles. The number of para-hydroxylation sites is 1. The fourth-order valence-corrected chi connectivity index (χ4v) is 3.64. The first-order chi connectivity index (χ1) is 13.7. The van der Waals surface area contributed by atoms with Gasteiger partial charge < -0.3 is 19.4 Å². The van der Waals surface area contributed by atoms with Crippen LogP contribution in [0, 0.1) is 0 Å². The van der Waals surface area contributed by atoms with Gasteiger partial charge in [0.05, 0.1) is 23.2 Å². The molecule has 0 amide bonds. The summed E-state index contributed by atoms with van der Waals surface area (Å²) in [7, 11) is 0. The maximum atomic E-state index is 12.7. The van der Waals surface area contributed by atoms with E-state index in [9.17, 15) is 15.0 Å². The second-order valence-corrected chi connectivity index (χ2v) is 8.32. The number of hydrogen-bond acceptors (Lipinski definition) is 5. The van der Waals surface area contributed by atoms with Crippen molar-refractivity contribution < 1.29 is 19.4 Å². The maximum absolute atomic E-state index is 12.7. The summed E-state index contributed by atoms with van der Waals surface area (Å²) in [5, 5.41) is 21.1.